The van der Waals surface area contributed by atoms with E-state index in [9.17, 15) is 4.79 Å². The van der Waals surface area contributed by atoms with E-state index in [2.05, 4.69) is 26.2 Å². The zero-order valence-electron chi connectivity index (χ0n) is 14.1. The van der Waals surface area contributed by atoms with E-state index in [-0.39, 0.29) is 11.9 Å². The Labute approximate surface area is 147 Å². The van der Waals surface area contributed by atoms with Crippen LogP contribution < -0.4 is 10.2 Å². The van der Waals surface area contributed by atoms with Crippen LogP contribution in [0.5, 0.6) is 0 Å². The molecule has 2 aromatic rings. The average molecular weight is 347 g/mol. The number of pyridine rings is 1. The SMILES string of the molecule is CC(C)NC(=O)CN1CCN(c2ccnc3cc(Cl)ccc23)CC1. The van der Waals surface area contributed by atoms with Crippen molar-refractivity contribution < 1.29 is 4.79 Å². The highest BCUT2D eigenvalue weighted by atomic mass is 35.5. The summed E-state index contributed by atoms with van der Waals surface area (Å²) in [7, 11) is 0. The Morgan fingerprint density at radius 1 is 1.25 bits per heavy atom. The molecule has 2 heterocycles. The maximum atomic E-state index is 11.9. The van der Waals surface area contributed by atoms with Gasteiger partial charge in [0.05, 0.1) is 12.1 Å². The molecular weight excluding hydrogens is 324 g/mol. The molecule has 1 N–H and O–H groups in total. The lowest BCUT2D eigenvalue weighted by Crippen LogP contribution is -2.50. The van der Waals surface area contributed by atoms with Crippen molar-refractivity contribution in [2.24, 2.45) is 0 Å². The van der Waals surface area contributed by atoms with Gasteiger partial charge in [0, 0.05) is 54.5 Å². The van der Waals surface area contributed by atoms with Crippen molar-refractivity contribution in [3.63, 3.8) is 0 Å². The van der Waals surface area contributed by atoms with Gasteiger partial charge in [-0.05, 0) is 38.1 Å². The fraction of sp³-hybridized carbons (Fsp3) is 0.444. The van der Waals surface area contributed by atoms with E-state index >= 15 is 0 Å². The van der Waals surface area contributed by atoms with Gasteiger partial charge in [0.25, 0.3) is 0 Å². The molecule has 0 atom stereocenters. The molecule has 1 aromatic carbocycles. The van der Waals surface area contributed by atoms with E-state index in [4.69, 9.17) is 11.6 Å². The van der Waals surface area contributed by atoms with Gasteiger partial charge in [0.15, 0.2) is 0 Å². The van der Waals surface area contributed by atoms with Gasteiger partial charge >= 0.3 is 0 Å². The van der Waals surface area contributed by atoms with Gasteiger partial charge in [-0.2, -0.15) is 0 Å². The van der Waals surface area contributed by atoms with Crippen LogP contribution in [0.2, 0.25) is 5.02 Å². The Morgan fingerprint density at radius 2 is 2.00 bits per heavy atom. The molecule has 128 valence electrons. The number of hydrogen-bond donors (Lipinski definition) is 1. The molecule has 1 fully saturated rings. The fourth-order valence-electron chi connectivity index (χ4n) is 3.10. The number of nitrogens with one attached hydrogen (secondary N) is 1. The smallest absolute Gasteiger partial charge is 0.234 e. The Balaban J connectivity index is 1.66. The third kappa shape index (κ3) is 3.97. The number of aromatic nitrogens is 1. The van der Waals surface area contributed by atoms with Crippen molar-refractivity contribution in [2.75, 3.05) is 37.6 Å². The van der Waals surface area contributed by atoms with Gasteiger partial charge in [-0.3, -0.25) is 14.7 Å². The lowest BCUT2D eigenvalue weighted by molar-refractivity contribution is -0.122. The maximum Gasteiger partial charge on any atom is 0.234 e. The summed E-state index contributed by atoms with van der Waals surface area (Å²) in [5, 5.41) is 4.77. The molecule has 0 bridgehead atoms. The minimum Gasteiger partial charge on any atom is -0.368 e. The van der Waals surface area contributed by atoms with Gasteiger partial charge in [-0.1, -0.05) is 11.6 Å². The van der Waals surface area contributed by atoms with Crippen molar-refractivity contribution in [2.45, 2.75) is 19.9 Å². The van der Waals surface area contributed by atoms with Gasteiger partial charge in [-0.15, -0.1) is 0 Å². The van der Waals surface area contributed by atoms with E-state index in [1.54, 1.807) is 0 Å². The largest absolute Gasteiger partial charge is 0.368 e. The number of carbonyl (C=O) groups is 1. The normalized spacial score (nSPS) is 15.9. The molecule has 0 saturated carbocycles. The predicted molar refractivity (Wildman–Crippen MR) is 98.7 cm³/mol. The van der Waals surface area contributed by atoms with Crippen LogP contribution >= 0.6 is 11.6 Å². The zero-order valence-corrected chi connectivity index (χ0v) is 14.9. The number of rotatable bonds is 4. The molecule has 3 rings (SSSR count). The van der Waals surface area contributed by atoms with Crippen LogP contribution in [0, 0.1) is 0 Å². The Morgan fingerprint density at radius 3 is 2.71 bits per heavy atom. The van der Waals surface area contributed by atoms with E-state index in [0.717, 1.165) is 37.1 Å². The lowest BCUT2D eigenvalue weighted by Gasteiger charge is -2.36. The second-order valence-corrected chi connectivity index (χ2v) is 6.91. The molecule has 1 amide bonds. The van der Waals surface area contributed by atoms with Crippen LogP contribution in [0.4, 0.5) is 5.69 Å². The minimum absolute atomic E-state index is 0.0995. The van der Waals surface area contributed by atoms with Crippen molar-refractivity contribution in [3.05, 3.63) is 35.5 Å². The number of amides is 1. The monoisotopic (exact) mass is 346 g/mol. The van der Waals surface area contributed by atoms with E-state index < -0.39 is 0 Å². The molecule has 0 spiro atoms. The summed E-state index contributed by atoms with van der Waals surface area (Å²) in [6, 6.07) is 8.07. The molecule has 1 aliphatic heterocycles. The number of anilines is 1. The maximum absolute atomic E-state index is 11.9. The molecular formula is C18H23ClN4O. The summed E-state index contributed by atoms with van der Waals surface area (Å²) >= 11 is 6.06. The highest BCUT2D eigenvalue weighted by molar-refractivity contribution is 6.31. The summed E-state index contributed by atoms with van der Waals surface area (Å²) < 4.78 is 0. The highest BCUT2D eigenvalue weighted by Gasteiger charge is 2.20. The van der Waals surface area contributed by atoms with Crippen LogP contribution in [-0.2, 0) is 4.79 Å². The quantitative estimate of drug-likeness (QED) is 0.924. The first-order valence-corrected chi connectivity index (χ1v) is 8.71. The van der Waals surface area contributed by atoms with Gasteiger partial charge in [-0.25, -0.2) is 0 Å². The van der Waals surface area contributed by atoms with Crippen LogP contribution in [0.15, 0.2) is 30.5 Å². The number of piperazine rings is 1. The lowest BCUT2D eigenvalue weighted by atomic mass is 10.1. The number of benzene rings is 1. The van der Waals surface area contributed by atoms with Gasteiger partial charge in [0.1, 0.15) is 0 Å². The minimum atomic E-state index is 0.0995. The molecule has 0 unspecified atom stereocenters. The number of nitrogens with zero attached hydrogens (tertiary/aromatic N) is 3. The molecule has 5 nitrogen and oxygen atoms in total. The molecule has 1 saturated heterocycles. The number of carbonyl (C=O) groups excluding carboxylic acids is 1. The second-order valence-electron chi connectivity index (χ2n) is 6.48. The third-order valence-electron chi connectivity index (χ3n) is 4.21. The van der Waals surface area contributed by atoms with E-state index in [0.29, 0.717) is 11.6 Å². The first kappa shape index (κ1) is 17.0. The molecule has 24 heavy (non-hydrogen) atoms. The van der Waals surface area contributed by atoms with Crippen molar-refractivity contribution in [1.82, 2.24) is 15.2 Å². The summed E-state index contributed by atoms with van der Waals surface area (Å²) in [4.78, 5) is 20.9. The van der Waals surface area contributed by atoms with Crippen LogP contribution in [0.25, 0.3) is 10.9 Å². The first-order valence-electron chi connectivity index (χ1n) is 8.34. The summed E-state index contributed by atoms with van der Waals surface area (Å²) in [6.07, 6.45) is 1.83. The molecule has 0 radical (unpaired) electrons. The second kappa shape index (κ2) is 7.36. The average Bonchev–Trinajstić information content (AvgIpc) is 2.54. The highest BCUT2D eigenvalue weighted by Crippen LogP contribution is 2.28. The van der Waals surface area contributed by atoms with Crippen molar-refractivity contribution in [1.29, 1.82) is 0 Å². The molecule has 6 heteroatoms. The van der Waals surface area contributed by atoms with E-state index in [1.807, 2.05) is 38.2 Å². The zero-order chi connectivity index (χ0) is 17.1. The molecule has 1 aromatic heterocycles. The Kier molecular flexibility index (Phi) is 5.21. The summed E-state index contributed by atoms with van der Waals surface area (Å²) in [5.41, 5.74) is 2.10. The molecule has 0 aliphatic carbocycles. The van der Waals surface area contributed by atoms with Crippen LogP contribution in [-0.4, -0.2) is 54.6 Å². The Bertz CT molecular complexity index is 726. The fourth-order valence-corrected chi connectivity index (χ4v) is 3.27. The van der Waals surface area contributed by atoms with E-state index in [1.165, 1.54) is 5.69 Å². The van der Waals surface area contributed by atoms with Crippen LogP contribution in [0.3, 0.4) is 0 Å². The van der Waals surface area contributed by atoms with Gasteiger partial charge in [0.2, 0.25) is 5.91 Å². The van der Waals surface area contributed by atoms with Gasteiger partial charge < -0.3 is 10.2 Å². The number of halogens is 1. The topological polar surface area (TPSA) is 48.5 Å². The summed E-state index contributed by atoms with van der Waals surface area (Å²) in [6.45, 7) is 7.99. The number of hydrogen-bond acceptors (Lipinski definition) is 4. The first-order chi connectivity index (χ1) is 11.5. The molecule has 1 aliphatic rings. The van der Waals surface area contributed by atoms with Crippen LogP contribution in [0.1, 0.15) is 13.8 Å². The number of fused-ring (bicyclic) bond motifs is 1. The Hall–Kier alpha value is -1.85. The summed E-state index contributed by atoms with van der Waals surface area (Å²) in [5.74, 6) is 0.0995. The third-order valence-corrected chi connectivity index (χ3v) is 4.45. The van der Waals surface area contributed by atoms with Crippen molar-refractivity contribution in [3.8, 4) is 0 Å². The van der Waals surface area contributed by atoms with Crippen molar-refractivity contribution >= 4 is 34.1 Å². The standard InChI is InChI=1S/C18H23ClN4O/c1-13(2)21-18(24)12-22-7-9-23(10-8-22)17-5-6-20-16-11-14(19)3-4-15(16)17/h3-6,11,13H,7-10,12H2,1-2H3,(H,21,24). The predicted octanol–water partition coefficient (Wildman–Crippen LogP) is 2.53.